The number of rotatable bonds is 9. The fraction of sp³-hybridized carbons (Fsp3) is 0.160. The molecule has 4 rings (SSSR count). The lowest BCUT2D eigenvalue weighted by Gasteiger charge is -2.11. The van der Waals surface area contributed by atoms with Crippen LogP contribution in [-0.2, 0) is 0 Å². The van der Waals surface area contributed by atoms with E-state index in [9.17, 15) is 4.79 Å². The van der Waals surface area contributed by atoms with Crippen LogP contribution < -0.4 is 14.2 Å². The second-order valence-corrected chi connectivity index (χ2v) is 7.93. The van der Waals surface area contributed by atoms with Gasteiger partial charge in [-0.1, -0.05) is 42.1 Å². The molecule has 1 heterocycles. The Morgan fingerprint density at radius 3 is 2.36 bits per heavy atom. The number of carbonyl (C=O) groups excluding carboxylic acids is 1. The van der Waals surface area contributed by atoms with Crippen molar-refractivity contribution in [3.63, 3.8) is 0 Å². The molecule has 3 aromatic carbocycles. The molecule has 0 aliphatic carbocycles. The van der Waals surface area contributed by atoms with E-state index in [-0.39, 0.29) is 11.5 Å². The first-order valence-corrected chi connectivity index (χ1v) is 11.2. The fourth-order valence-corrected chi connectivity index (χ4v) is 4.19. The second-order valence-electron chi connectivity index (χ2n) is 6.99. The summed E-state index contributed by atoms with van der Waals surface area (Å²) in [5.41, 5.74) is 2.31. The number of nitrogens with zero attached hydrogens (tertiary/aromatic N) is 3. The smallest absolute Gasteiger partial charge is 0.196 e. The molecule has 0 fully saturated rings. The predicted molar refractivity (Wildman–Crippen MR) is 128 cm³/mol. The number of para-hydroxylation sites is 1. The van der Waals surface area contributed by atoms with Gasteiger partial charge in [-0.25, -0.2) is 0 Å². The molecule has 0 aliphatic rings. The highest BCUT2D eigenvalue weighted by Crippen LogP contribution is 2.31. The molecule has 1 aromatic heterocycles. The maximum Gasteiger partial charge on any atom is 0.196 e. The van der Waals surface area contributed by atoms with Gasteiger partial charge in [-0.15, -0.1) is 10.2 Å². The van der Waals surface area contributed by atoms with Crippen LogP contribution in [0.1, 0.15) is 10.4 Å². The maximum atomic E-state index is 12.9. The van der Waals surface area contributed by atoms with Gasteiger partial charge in [0.2, 0.25) is 0 Å². The second kappa shape index (κ2) is 10.2. The third-order valence-corrected chi connectivity index (χ3v) is 5.94. The Labute approximate surface area is 196 Å². The Morgan fingerprint density at radius 2 is 1.64 bits per heavy atom. The predicted octanol–water partition coefficient (Wildman–Crippen LogP) is 4.94. The van der Waals surface area contributed by atoms with E-state index in [0.29, 0.717) is 28.0 Å². The van der Waals surface area contributed by atoms with E-state index in [2.05, 4.69) is 10.2 Å². The number of Topliss-reactive ketones (excluding diaryl/α,β-unsaturated/α-hetero) is 1. The van der Waals surface area contributed by atoms with Crippen LogP contribution in [0.3, 0.4) is 0 Å². The Kier molecular flexibility index (Phi) is 6.95. The molecule has 0 N–H and O–H groups in total. The summed E-state index contributed by atoms with van der Waals surface area (Å²) in [6.45, 7) is 0. The highest BCUT2D eigenvalue weighted by Gasteiger charge is 2.19. The van der Waals surface area contributed by atoms with Gasteiger partial charge in [0.15, 0.2) is 28.3 Å². The number of ether oxygens (including phenoxy) is 3. The lowest BCUT2D eigenvalue weighted by molar-refractivity contribution is 0.102. The van der Waals surface area contributed by atoms with E-state index in [0.717, 1.165) is 17.0 Å². The van der Waals surface area contributed by atoms with Crippen LogP contribution >= 0.6 is 11.8 Å². The molecule has 0 saturated heterocycles. The van der Waals surface area contributed by atoms with Crippen molar-refractivity contribution in [2.45, 2.75) is 5.16 Å². The number of benzene rings is 3. The van der Waals surface area contributed by atoms with Crippen molar-refractivity contribution in [2.24, 2.45) is 0 Å². The summed E-state index contributed by atoms with van der Waals surface area (Å²) >= 11 is 1.33. The zero-order valence-electron chi connectivity index (χ0n) is 18.5. The maximum absolute atomic E-state index is 12.9. The van der Waals surface area contributed by atoms with Gasteiger partial charge in [0.05, 0.1) is 27.1 Å². The quantitative estimate of drug-likeness (QED) is 0.258. The summed E-state index contributed by atoms with van der Waals surface area (Å²) < 4.78 is 17.9. The van der Waals surface area contributed by atoms with Gasteiger partial charge in [-0.3, -0.25) is 9.36 Å². The summed E-state index contributed by atoms with van der Waals surface area (Å²) in [5.74, 6) is 2.63. The summed E-state index contributed by atoms with van der Waals surface area (Å²) in [4.78, 5) is 12.9. The van der Waals surface area contributed by atoms with Crippen molar-refractivity contribution in [1.82, 2.24) is 14.8 Å². The summed E-state index contributed by atoms with van der Waals surface area (Å²) in [7, 11) is 4.73. The monoisotopic (exact) mass is 461 g/mol. The molecular weight excluding hydrogens is 438 g/mol. The van der Waals surface area contributed by atoms with Crippen molar-refractivity contribution in [3.8, 4) is 34.3 Å². The molecule has 0 atom stereocenters. The van der Waals surface area contributed by atoms with Crippen LogP contribution in [0.5, 0.6) is 17.2 Å². The molecule has 0 amide bonds. The highest BCUT2D eigenvalue weighted by atomic mass is 32.2. The third-order valence-electron chi connectivity index (χ3n) is 5.01. The third kappa shape index (κ3) is 4.85. The van der Waals surface area contributed by atoms with Crippen LogP contribution in [0.4, 0.5) is 0 Å². The SMILES string of the molecule is COc1cccc(-c2nnc(SCC(=O)c3ccc(OC)c(OC)c3)n2-c2ccccc2)c1. The zero-order chi connectivity index (χ0) is 23.2. The summed E-state index contributed by atoms with van der Waals surface area (Å²) in [6, 6.07) is 22.6. The van der Waals surface area contributed by atoms with Crippen LogP contribution in [-0.4, -0.2) is 47.6 Å². The van der Waals surface area contributed by atoms with Gasteiger partial charge in [0.25, 0.3) is 0 Å². The average molecular weight is 462 g/mol. The lowest BCUT2D eigenvalue weighted by Crippen LogP contribution is -2.05. The summed E-state index contributed by atoms with van der Waals surface area (Å²) in [5, 5.41) is 9.44. The number of ketones is 1. The van der Waals surface area contributed by atoms with Crippen LogP contribution in [0.15, 0.2) is 78.0 Å². The van der Waals surface area contributed by atoms with Gasteiger partial charge in [0.1, 0.15) is 5.75 Å². The van der Waals surface area contributed by atoms with E-state index in [1.54, 1.807) is 39.5 Å². The molecule has 4 aromatic rings. The number of aromatic nitrogens is 3. The van der Waals surface area contributed by atoms with Crippen LogP contribution in [0, 0.1) is 0 Å². The van der Waals surface area contributed by atoms with Crippen molar-refractivity contribution in [3.05, 3.63) is 78.4 Å². The van der Waals surface area contributed by atoms with Crippen molar-refractivity contribution in [1.29, 1.82) is 0 Å². The van der Waals surface area contributed by atoms with E-state index < -0.39 is 0 Å². The van der Waals surface area contributed by atoms with Crippen molar-refractivity contribution >= 4 is 17.5 Å². The highest BCUT2D eigenvalue weighted by molar-refractivity contribution is 7.99. The molecule has 33 heavy (non-hydrogen) atoms. The Balaban J connectivity index is 1.64. The molecule has 8 heteroatoms. The molecule has 7 nitrogen and oxygen atoms in total. The molecule has 168 valence electrons. The molecule has 0 bridgehead atoms. The molecule has 0 aliphatic heterocycles. The molecule has 0 spiro atoms. The lowest BCUT2D eigenvalue weighted by atomic mass is 10.1. The van der Waals surface area contributed by atoms with Gasteiger partial charge in [0, 0.05) is 16.8 Å². The van der Waals surface area contributed by atoms with E-state index in [1.807, 2.05) is 59.2 Å². The first kappa shape index (κ1) is 22.4. The van der Waals surface area contributed by atoms with E-state index in [1.165, 1.54) is 11.8 Å². The molecule has 0 radical (unpaired) electrons. The number of methoxy groups -OCH3 is 3. The fourth-order valence-electron chi connectivity index (χ4n) is 3.35. The first-order chi connectivity index (χ1) is 16.1. The number of carbonyl (C=O) groups is 1. The molecule has 0 unspecified atom stereocenters. The standard InChI is InChI=1S/C25H23N3O4S/c1-30-20-11-7-8-18(14-20)24-26-27-25(28(24)19-9-5-4-6-10-19)33-16-21(29)17-12-13-22(31-2)23(15-17)32-3/h4-15H,16H2,1-3H3. The van der Waals surface area contributed by atoms with Gasteiger partial charge in [-0.05, 0) is 42.5 Å². The topological polar surface area (TPSA) is 75.5 Å². The Morgan fingerprint density at radius 1 is 0.848 bits per heavy atom. The minimum atomic E-state index is -0.0495. The van der Waals surface area contributed by atoms with Gasteiger partial charge < -0.3 is 14.2 Å². The van der Waals surface area contributed by atoms with Crippen LogP contribution in [0.2, 0.25) is 0 Å². The average Bonchev–Trinajstić information content (AvgIpc) is 3.31. The Bertz CT molecular complexity index is 1260. The largest absolute Gasteiger partial charge is 0.497 e. The van der Waals surface area contributed by atoms with Gasteiger partial charge >= 0.3 is 0 Å². The summed E-state index contributed by atoms with van der Waals surface area (Å²) in [6.07, 6.45) is 0. The van der Waals surface area contributed by atoms with Crippen molar-refractivity contribution < 1.29 is 19.0 Å². The van der Waals surface area contributed by atoms with Crippen molar-refractivity contribution in [2.75, 3.05) is 27.1 Å². The van der Waals surface area contributed by atoms with E-state index >= 15 is 0 Å². The normalized spacial score (nSPS) is 10.6. The minimum Gasteiger partial charge on any atom is -0.497 e. The van der Waals surface area contributed by atoms with E-state index in [4.69, 9.17) is 14.2 Å². The van der Waals surface area contributed by atoms with Gasteiger partial charge in [-0.2, -0.15) is 0 Å². The number of thioether (sulfide) groups is 1. The zero-order valence-corrected chi connectivity index (χ0v) is 19.3. The number of hydrogen-bond donors (Lipinski definition) is 0. The molecule has 0 saturated carbocycles. The van der Waals surface area contributed by atoms with Crippen LogP contribution in [0.25, 0.3) is 17.1 Å². The minimum absolute atomic E-state index is 0.0495. The Hall–Kier alpha value is -3.78. The molecular formula is C25H23N3O4S. The number of hydrogen-bond acceptors (Lipinski definition) is 7. The first-order valence-electron chi connectivity index (χ1n) is 10.2.